The zero-order chi connectivity index (χ0) is 10.4. The minimum absolute atomic E-state index is 0.839. The zero-order valence-corrected chi connectivity index (χ0v) is 10.4. The summed E-state index contributed by atoms with van der Waals surface area (Å²) in [5, 5.41) is 0. The monoisotopic (exact) mass is 208 g/mol. The average Bonchev–Trinajstić information content (AvgIpc) is 2.16. The maximum absolute atomic E-state index is 5.53. The third-order valence-corrected chi connectivity index (χ3v) is 4.57. The third-order valence-electron chi connectivity index (χ3n) is 2.22. The smallest absolute Gasteiger partial charge is 0.0819 e. The van der Waals surface area contributed by atoms with Crippen molar-refractivity contribution in [2.24, 2.45) is 0 Å². The van der Waals surface area contributed by atoms with Crippen LogP contribution in [0.5, 0.6) is 0 Å². The summed E-state index contributed by atoms with van der Waals surface area (Å²) in [5.41, 5.74) is 1.45. The van der Waals surface area contributed by atoms with Gasteiger partial charge in [-0.3, -0.25) is 0 Å². The first-order valence-corrected chi connectivity index (χ1v) is 8.67. The molecular weight excluding hydrogens is 188 g/mol. The summed E-state index contributed by atoms with van der Waals surface area (Å²) in [7, 11) is -1.19. The highest BCUT2D eigenvalue weighted by Gasteiger charge is 2.21. The molecule has 0 spiro atoms. The van der Waals surface area contributed by atoms with Gasteiger partial charge in [-0.05, 0) is 13.0 Å². The van der Waals surface area contributed by atoms with Crippen LogP contribution in [0.25, 0.3) is 0 Å². The molecule has 0 unspecified atom stereocenters. The van der Waals surface area contributed by atoms with Gasteiger partial charge in [0, 0.05) is 12.8 Å². The number of ether oxygens (including phenoxy) is 1. The second-order valence-electron chi connectivity index (χ2n) is 4.46. The lowest BCUT2D eigenvalue weighted by atomic mass is 10.2. The highest BCUT2D eigenvalue weighted by Crippen LogP contribution is 2.11. The molecule has 78 valence electrons. The molecular formula is C12H20OSi. The van der Waals surface area contributed by atoms with Crippen LogP contribution in [0.15, 0.2) is 30.3 Å². The molecule has 0 aliphatic heterocycles. The number of hydrogen-bond donors (Lipinski definition) is 0. The van der Waals surface area contributed by atoms with Gasteiger partial charge >= 0.3 is 0 Å². The van der Waals surface area contributed by atoms with Crippen LogP contribution in [0.4, 0.5) is 0 Å². The van der Waals surface area contributed by atoms with E-state index in [2.05, 4.69) is 50.3 Å². The molecule has 0 amide bonds. The summed E-state index contributed by atoms with van der Waals surface area (Å²) in [5.74, 6) is 0. The van der Waals surface area contributed by atoms with Crippen molar-refractivity contribution in [3.05, 3.63) is 35.9 Å². The van der Waals surface area contributed by atoms with Gasteiger partial charge in [0.1, 0.15) is 0 Å². The molecule has 0 aromatic heterocycles. The Bertz CT molecular complexity index is 256. The Balaban J connectivity index is 2.50. The van der Waals surface area contributed by atoms with Crippen molar-refractivity contribution in [1.29, 1.82) is 0 Å². The van der Waals surface area contributed by atoms with Crippen molar-refractivity contribution < 1.29 is 4.74 Å². The lowest BCUT2D eigenvalue weighted by molar-refractivity contribution is 0.188. The molecule has 0 bridgehead atoms. The average molecular weight is 208 g/mol. The van der Waals surface area contributed by atoms with Gasteiger partial charge in [-0.1, -0.05) is 49.0 Å². The molecule has 0 atom stereocenters. The molecule has 0 aliphatic rings. The van der Waals surface area contributed by atoms with Gasteiger partial charge in [0.15, 0.2) is 0 Å². The molecule has 1 aromatic rings. The van der Waals surface area contributed by atoms with Crippen molar-refractivity contribution in [3.8, 4) is 0 Å². The Morgan fingerprint density at radius 3 is 2.36 bits per heavy atom. The molecule has 0 fully saturated rings. The van der Waals surface area contributed by atoms with Crippen LogP contribution in [-0.2, 0) is 10.8 Å². The molecule has 1 aromatic carbocycles. The first-order valence-electron chi connectivity index (χ1n) is 5.26. The van der Waals surface area contributed by atoms with Gasteiger partial charge in [-0.2, -0.15) is 0 Å². The van der Waals surface area contributed by atoms with Gasteiger partial charge in [0.2, 0.25) is 0 Å². The summed E-state index contributed by atoms with van der Waals surface area (Å²) in [6.45, 7) is 7.67. The van der Waals surface area contributed by atoms with Crippen LogP contribution in [0, 0.1) is 0 Å². The lowest BCUT2D eigenvalue weighted by Crippen LogP contribution is -2.36. The van der Waals surface area contributed by atoms with E-state index in [9.17, 15) is 0 Å². The fourth-order valence-corrected chi connectivity index (χ4v) is 3.78. The van der Waals surface area contributed by atoms with E-state index < -0.39 is 8.07 Å². The second-order valence-corrected chi connectivity index (χ2v) is 9.43. The normalized spacial score (nSPS) is 11.6. The van der Waals surface area contributed by atoms with Gasteiger partial charge in [-0.25, -0.2) is 0 Å². The maximum atomic E-state index is 5.53. The van der Waals surface area contributed by atoms with E-state index in [-0.39, 0.29) is 0 Å². The van der Waals surface area contributed by atoms with Gasteiger partial charge in [0.25, 0.3) is 0 Å². The van der Waals surface area contributed by atoms with Gasteiger partial charge < -0.3 is 4.74 Å². The Kier molecular flexibility index (Phi) is 4.36. The summed E-state index contributed by atoms with van der Waals surface area (Å²) in [6.07, 6.45) is 0.971. The van der Waals surface area contributed by atoms with Crippen molar-refractivity contribution in [3.63, 3.8) is 0 Å². The third kappa shape index (κ3) is 4.07. The molecule has 0 radical (unpaired) electrons. The molecule has 0 saturated heterocycles. The van der Waals surface area contributed by atoms with E-state index in [1.54, 1.807) is 0 Å². The number of rotatable bonds is 5. The lowest BCUT2D eigenvalue weighted by Gasteiger charge is -2.21. The van der Waals surface area contributed by atoms with Crippen LogP contribution in [0.1, 0.15) is 12.5 Å². The minimum Gasteiger partial charge on any atom is -0.385 e. The Morgan fingerprint density at radius 1 is 1.14 bits per heavy atom. The molecule has 0 aliphatic carbocycles. The maximum Gasteiger partial charge on any atom is 0.0819 e. The van der Waals surface area contributed by atoms with E-state index in [1.165, 1.54) is 11.6 Å². The van der Waals surface area contributed by atoms with Crippen LogP contribution >= 0.6 is 0 Å². The fraction of sp³-hybridized carbons (Fsp3) is 0.500. The zero-order valence-electron chi connectivity index (χ0n) is 9.42. The first kappa shape index (κ1) is 11.5. The van der Waals surface area contributed by atoms with E-state index >= 15 is 0 Å². The van der Waals surface area contributed by atoms with Crippen molar-refractivity contribution in [1.82, 2.24) is 0 Å². The summed E-state index contributed by atoms with van der Waals surface area (Å²) >= 11 is 0. The Morgan fingerprint density at radius 2 is 1.79 bits per heavy atom. The first-order chi connectivity index (χ1) is 6.64. The SMILES string of the molecule is CCOC[Si](C)(C)Cc1ccccc1. The van der Waals surface area contributed by atoms with E-state index in [0.29, 0.717) is 0 Å². The van der Waals surface area contributed by atoms with Crippen LogP contribution in [0.2, 0.25) is 13.1 Å². The van der Waals surface area contributed by atoms with Crippen LogP contribution < -0.4 is 0 Å². The summed E-state index contributed by atoms with van der Waals surface area (Å²) in [4.78, 5) is 0. The van der Waals surface area contributed by atoms with E-state index in [1.807, 2.05) is 0 Å². The summed E-state index contributed by atoms with van der Waals surface area (Å²) in [6, 6.07) is 11.9. The van der Waals surface area contributed by atoms with E-state index in [0.717, 1.165) is 12.8 Å². The predicted octanol–water partition coefficient (Wildman–Crippen LogP) is 3.05. The van der Waals surface area contributed by atoms with Crippen molar-refractivity contribution in [2.45, 2.75) is 26.1 Å². The molecule has 2 heteroatoms. The Hall–Kier alpha value is -0.603. The molecule has 1 nitrogen and oxygen atoms in total. The van der Waals surface area contributed by atoms with Crippen LogP contribution in [0.3, 0.4) is 0 Å². The Labute approximate surface area is 88.1 Å². The fourth-order valence-electron chi connectivity index (χ4n) is 1.58. The topological polar surface area (TPSA) is 9.23 Å². The number of hydrogen-bond acceptors (Lipinski definition) is 1. The highest BCUT2D eigenvalue weighted by molar-refractivity contribution is 6.76. The second kappa shape index (κ2) is 5.32. The molecule has 0 saturated carbocycles. The predicted molar refractivity (Wildman–Crippen MR) is 64.1 cm³/mol. The number of benzene rings is 1. The van der Waals surface area contributed by atoms with Gasteiger partial charge in [0.05, 0.1) is 8.07 Å². The largest absolute Gasteiger partial charge is 0.385 e. The van der Waals surface area contributed by atoms with Gasteiger partial charge in [-0.15, -0.1) is 0 Å². The standard InChI is InChI=1S/C12H20OSi/c1-4-13-11-14(2,3)10-12-8-6-5-7-9-12/h5-9H,4,10-11H2,1-3H3. The van der Waals surface area contributed by atoms with Crippen molar-refractivity contribution in [2.75, 3.05) is 12.8 Å². The van der Waals surface area contributed by atoms with E-state index in [4.69, 9.17) is 4.74 Å². The molecule has 0 N–H and O–H groups in total. The van der Waals surface area contributed by atoms with Crippen LogP contribution in [-0.4, -0.2) is 20.9 Å². The molecule has 1 rings (SSSR count). The summed E-state index contributed by atoms with van der Waals surface area (Å²) < 4.78 is 5.53. The minimum atomic E-state index is -1.19. The van der Waals surface area contributed by atoms with Crippen molar-refractivity contribution >= 4 is 8.07 Å². The highest BCUT2D eigenvalue weighted by atomic mass is 28.3. The molecule has 14 heavy (non-hydrogen) atoms. The quantitative estimate of drug-likeness (QED) is 0.676. The molecule has 0 heterocycles.